The van der Waals surface area contributed by atoms with E-state index in [2.05, 4.69) is 0 Å². The first-order valence-corrected chi connectivity index (χ1v) is 8.62. The van der Waals surface area contributed by atoms with Gasteiger partial charge in [-0.3, -0.25) is 24.4 Å². The number of nitro groups is 2. The highest BCUT2D eigenvalue weighted by atomic mass is 35.5. The molecule has 2 aromatic carbocycles. The third-order valence-corrected chi connectivity index (χ3v) is 6.06. The minimum Gasteiger partial charge on any atom is -0.258 e. The first kappa shape index (κ1) is 18.3. The average molecular weight is 389 g/mol. The number of alkyl halides is 2. The Labute approximate surface area is 149 Å². The Kier molecular flexibility index (Phi) is 5.87. The summed E-state index contributed by atoms with van der Waals surface area (Å²) in [5.74, 6) is 0. The van der Waals surface area contributed by atoms with E-state index in [0.717, 1.165) is 0 Å². The summed E-state index contributed by atoms with van der Waals surface area (Å²) in [6.45, 7) is 0. The van der Waals surface area contributed by atoms with Crippen LogP contribution in [0.4, 0.5) is 11.4 Å². The molecule has 2 rings (SSSR count). The van der Waals surface area contributed by atoms with Crippen LogP contribution in [0.15, 0.2) is 48.5 Å². The van der Waals surface area contributed by atoms with E-state index in [1.807, 2.05) is 0 Å². The Morgan fingerprint density at radius 2 is 1.04 bits per heavy atom. The maximum absolute atomic E-state index is 12.5. The Bertz CT molecular complexity index is 717. The molecular weight excluding hydrogens is 379 g/mol. The van der Waals surface area contributed by atoms with Crippen molar-refractivity contribution in [1.29, 1.82) is 0 Å². The number of non-ortho nitro benzene ring substituents is 2. The summed E-state index contributed by atoms with van der Waals surface area (Å²) in [6, 6.07) is 10.7. The highest BCUT2D eigenvalue weighted by Gasteiger charge is 2.25. The molecule has 2 atom stereocenters. The average Bonchev–Trinajstić information content (AvgIpc) is 2.60. The Morgan fingerprint density at radius 1 is 0.750 bits per heavy atom. The minimum atomic E-state index is -1.75. The van der Waals surface area contributed by atoms with Gasteiger partial charge in [-0.1, -0.05) is 0 Å². The van der Waals surface area contributed by atoms with Crippen LogP contribution in [0.1, 0.15) is 20.5 Å². The van der Waals surface area contributed by atoms with Crippen molar-refractivity contribution in [3.8, 4) is 0 Å². The van der Waals surface area contributed by atoms with Crippen LogP contribution in [0, 0.1) is 20.2 Å². The molecule has 7 nitrogen and oxygen atoms in total. The van der Waals surface area contributed by atoms with Crippen molar-refractivity contribution in [2.24, 2.45) is 0 Å². The maximum atomic E-state index is 12.5. The number of nitro benzene ring substituents is 2. The normalized spacial score (nSPS) is 14.6. The lowest BCUT2D eigenvalue weighted by Gasteiger charge is -2.15. The van der Waals surface area contributed by atoms with E-state index in [1.54, 1.807) is 0 Å². The molecule has 2 unspecified atom stereocenters. The monoisotopic (exact) mass is 388 g/mol. The molecule has 0 radical (unpaired) electrons. The molecule has 0 aliphatic rings. The van der Waals surface area contributed by atoms with Gasteiger partial charge < -0.3 is 0 Å². The summed E-state index contributed by atoms with van der Waals surface area (Å²) >= 11 is 12.3. The van der Waals surface area contributed by atoms with Gasteiger partial charge in [-0.15, -0.1) is 23.2 Å². The lowest BCUT2D eigenvalue weighted by molar-refractivity contribution is -0.385. The van der Waals surface area contributed by atoms with Gasteiger partial charge in [0.1, 0.15) is 9.42 Å². The second-order valence-electron chi connectivity index (χ2n) is 4.66. The van der Waals surface area contributed by atoms with Crippen molar-refractivity contribution in [3.05, 3.63) is 79.9 Å². The number of hydrogen-bond acceptors (Lipinski definition) is 5. The molecule has 0 bridgehead atoms. The van der Waals surface area contributed by atoms with Gasteiger partial charge in [0.15, 0.2) is 0 Å². The van der Waals surface area contributed by atoms with Crippen molar-refractivity contribution in [2.75, 3.05) is 0 Å². The first-order valence-electron chi connectivity index (χ1n) is 6.47. The molecule has 0 aromatic heterocycles. The summed E-state index contributed by atoms with van der Waals surface area (Å²) in [7, 11) is -1.75. The standard InChI is InChI=1S/C14H10Cl2N2O5S/c15-13(9-1-5-11(6-2-9)17(19)20)24(23)14(16)10-3-7-12(8-4-10)18(21)22/h1-8,13-14H. The molecule has 0 aliphatic carbocycles. The predicted octanol–water partition coefficient (Wildman–Crippen LogP) is 4.43. The molecule has 2 aromatic rings. The van der Waals surface area contributed by atoms with Crippen molar-refractivity contribution >= 4 is 45.4 Å². The molecule has 0 heterocycles. The summed E-state index contributed by atoms with van der Waals surface area (Å²) in [4.78, 5) is 20.2. The highest BCUT2D eigenvalue weighted by Crippen LogP contribution is 2.36. The number of halogens is 2. The Hall–Kier alpha value is -2.03. The SMILES string of the molecule is O=[N+]([O-])c1ccc(C(Cl)S(=O)C(Cl)c2ccc([N+](=O)[O-])cc2)cc1. The fourth-order valence-corrected chi connectivity index (χ4v) is 3.99. The van der Waals surface area contributed by atoms with Gasteiger partial charge in [0.25, 0.3) is 11.4 Å². The molecule has 0 saturated carbocycles. The lowest BCUT2D eigenvalue weighted by Crippen LogP contribution is -2.07. The Balaban J connectivity index is 2.16. The van der Waals surface area contributed by atoms with Crippen LogP contribution >= 0.6 is 23.2 Å². The minimum absolute atomic E-state index is 0.105. The first-order chi connectivity index (χ1) is 11.3. The highest BCUT2D eigenvalue weighted by molar-refractivity contribution is 7.88. The van der Waals surface area contributed by atoms with E-state index in [-0.39, 0.29) is 11.4 Å². The van der Waals surface area contributed by atoms with E-state index in [0.29, 0.717) is 11.1 Å². The molecule has 0 N–H and O–H groups in total. The molecule has 10 heteroatoms. The summed E-state index contributed by atoms with van der Waals surface area (Å²) < 4.78 is 10.5. The molecule has 24 heavy (non-hydrogen) atoms. The molecule has 126 valence electrons. The van der Waals surface area contributed by atoms with Crippen molar-refractivity contribution in [3.63, 3.8) is 0 Å². The largest absolute Gasteiger partial charge is 0.269 e. The van der Waals surface area contributed by atoms with Gasteiger partial charge in [-0.25, -0.2) is 0 Å². The van der Waals surface area contributed by atoms with Gasteiger partial charge in [0.2, 0.25) is 0 Å². The summed E-state index contributed by atoms with van der Waals surface area (Å²) in [5.41, 5.74) is 0.638. The zero-order valence-corrected chi connectivity index (χ0v) is 14.2. The number of benzene rings is 2. The number of hydrogen-bond donors (Lipinski definition) is 0. The topological polar surface area (TPSA) is 103 Å². The van der Waals surface area contributed by atoms with Gasteiger partial charge in [-0.2, -0.15) is 0 Å². The maximum Gasteiger partial charge on any atom is 0.269 e. The zero-order valence-electron chi connectivity index (χ0n) is 11.9. The number of rotatable bonds is 6. The van der Waals surface area contributed by atoms with Crippen LogP contribution in [-0.4, -0.2) is 14.1 Å². The van der Waals surface area contributed by atoms with Crippen molar-refractivity contribution in [1.82, 2.24) is 0 Å². The molecular formula is C14H10Cl2N2O5S. The Morgan fingerprint density at radius 3 is 1.29 bits per heavy atom. The van der Waals surface area contributed by atoms with E-state index in [4.69, 9.17) is 23.2 Å². The summed E-state index contributed by atoms with van der Waals surface area (Å²) in [6.07, 6.45) is 0. The van der Waals surface area contributed by atoms with E-state index >= 15 is 0 Å². The zero-order chi connectivity index (χ0) is 17.9. The van der Waals surface area contributed by atoms with Gasteiger partial charge in [-0.05, 0) is 35.4 Å². The molecule has 0 saturated heterocycles. The van der Waals surface area contributed by atoms with Gasteiger partial charge in [0.05, 0.1) is 20.6 Å². The van der Waals surface area contributed by atoms with Crippen LogP contribution in [0.3, 0.4) is 0 Å². The fourth-order valence-electron chi connectivity index (χ4n) is 1.87. The fraction of sp³-hybridized carbons (Fsp3) is 0.143. The smallest absolute Gasteiger partial charge is 0.258 e. The van der Waals surface area contributed by atoms with Crippen LogP contribution < -0.4 is 0 Å². The second kappa shape index (κ2) is 7.69. The number of nitrogens with zero attached hydrogens (tertiary/aromatic N) is 2. The molecule has 0 spiro atoms. The van der Waals surface area contributed by atoms with Crippen LogP contribution in [0.5, 0.6) is 0 Å². The van der Waals surface area contributed by atoms with Gasteiger partial charge in [0, 0.05) is 24.3 Å². The van der Waals surface area contributed by atoms with Crippen molar-refractivity contribution in [2.45, 2.75) is 9.42 Å². The predicted molar refractivity (Wildman–Crippen MR) is 91.5 cm³/mol. The molecule has 0 aliphatic heterocycles. The molecule has 0 fully saturated rings. The van der Waals surface area contributed by atoms with Crippen LogP contribution in [0.25, 0.3) is 0 Å². The third-order valence-electron chi connectivity index (χ3n) is 3.14. The lowest BCUT2D eigenvalue weighted by atomic mass is 10.2. The summed E-state index contributed by atoms with van der Waals surface area (Å²) in [5, 5.41) is 21.3. The molecule has 0 amide bonds. The second-order valence-corrected chi connectivity index (χ2v) is 7.65. The quantitative estimate of drug-likeness (QED) is 0.413. The van der Waals surface area contributed by atoms with Gasteiger partial charge >= 0.3 is 0 Å². The van der Waals surface area contributed by atoms with E-state index < -0.39 is 30.1 Å². The van der Waals surface area contributed by atoms with E-state index in [1.165, 1.54) is 48.5 Å². The third kappa shape index (κ3) is 4.08. The van der Waals surface area contributed by atoms with Crippen LogP contribution in [0.2, 0.25) is 0 Å². The van der Waals surface area contributed by atoms with E-state index in [9.17, 15) is 24.4 Å². The van der Waals surface area contributed by atoms with Crippen molar-refractivity contribution < 1.29 is 14.1 Å². The van der Waals surface area contributed by atoms with Crippen LogP contribution in [-0.2, 0) is 10.8 Å².